The molecule has 1 aromatic heterocycles. The Bertz CT molecular complexity index is 923. The lowest BCUT2D eigenvalue weighted by Gasteiger charge is -2.19. The molecule has 0 bridgehead atoms. The third-order valence-corrected chi connectivity index (χ3v) is 5.07. The average molecular weight is 382 g/mol. The summed E-state index contributed by atoms with van der Waals surface area (Å²) in [4.78, 5) is 27.5. The van der Waals surface area contributed by atoms with Gasteiger partial charge in [0.15, 0.2) is 0 Å². The summed E-state index contributed by atoms with van der Waals surface area (Å²) < 4.78 is 0. The Morgan fingerprint density at radius 2 is 1.74 bits per heavy atom. The minimum atomic E-state index is -1.05. The van der Waals surface area contributed by atoms with Crippen molar-refractivity contribution >= 4 is 35.4 Å². The molecular formula is C21H22N2O3S. The topological polar surface area (TPSA) is 82.2 Å². The van der Waals surface area contributed by atoms with Crippen LogP contribution in [0.3, 0.4) is 0 Å². The maximum atomic E-state index is 12.7. The van der Waals surface area contributed by atoms with Crippen LogP contribution >= 0.6 is 12.6 Å². The molecule has 1 heterocycles. The molecule has 0 unspecified atom stereocenters. The van der Waals surface area contributed by atoms with Crippen molar-refractivity contribution in [1.82, 2.24) is 10.3 Å². The number of thiol groups is 1. The maximum Gasteiger partial charge on any atom is 0.326 e. The number of rotatable bonds is 8. The van der Waals surface area contributed by atoms with Crippen LogP contribution in [0.15, 0.2) is 60.8 Å². The zero-order chi connectivity index (χ0) is 19.2. The van der Waals surface area contributed by atoms with Crippen LogP contribution in [0.25, 0.3) is 10.9 Å². The van der Waals surface area contributed by atoms with Crippen molar-refractivity contribution in [1.29, 1.82) is 0 Å². The van der Waals surface area contributed by atoms with E-state index in [0.717, 1.165) is 22.0 Å². The third kappa shape index (κ3) is 4.71. The smallest absolute Gasteiger partial charge is 0.326 e. The summed E-state index contributed by atoms with van der Waals surface area (Å²) in [6, 6.07) is 16.4. The number of amides is 1. The second-order valence-corrected chi connectivity index (χ2v) is 6.90. The number of H-pyrrole nitrogens is 1. The van der Waals surface area contributed by atoms with E-state index in [9.17, 15) is 14.7 Å². The number of carbonyl (C=O) groups is 2. The summed E-state index contributed by atoms with van der Waals surface area (Å²) in [5.74, 6) is -1.38. The Hall–Kier alpha value is -2.73. The molecule has 3 rings (SSSR count). The van der Waals surface area contributed by atoms with E-state index < -0.39 is 12.0 Å². The van der Waals surface area contributed by atoms with Crippen LogP contribution in [0.5, 0.6) is 0 Å². The Morgan fingerprint density at radius 3 is 2.44 bits per heavy atom. The highest BCUT2D eigenvalue weighted by atomic mass is 32.1. The van der Waals surface area contributed by atoms with Gasteiger partial charge in [0.1, 0.15) is 6.04 Å². The molecule has 2 aromatic carbocycles. The highest BCUT2D eigenvalue weighted by molar-refractivity contribution is 7.80. The van der Waals surface area contributed by atoms with Gasteiger partial charge in [-0.25, -0.2) is 4.79 Å². The van der Waals surface area contributed by atoms with Crippen molar-refractivity contribution in [2.75, 3.05) is 5.75 Å². The summed E-state index contributed by atoms with van der Waals surface area (Å²) >= 11 is 4.28. The first-order chi connectivity index (χ1) is 13.1. The number of para-hydroxylation sites is 1. The fourth-order valence-corrected chi connectivity index (χ4v) is 3.44. The molecule has 0 aliphatic heterocycles. The molecule has 0 aliphatic carbocycles. The van der Waals surface area contributed by atoms with Gasteiger partial charge >= 0.3 is 5.97 Å². The predicted molar refractivity (Wildman–Crippen MR) is 109 cm³/mol. The molecule has 2 atom stereocenters. The van der Waals surface area contributed by atoms with Crippen LogP contribution in [-0.4, -0.2) is 33.8 Å². The lowest BCUT2D eigenvalue weighted by molar-refractivity contribution is -0.142. The molecular weight excluding hydrogens is 360 g/mol. The van der Waals surface area contributed by atoms with E-state index in [1.807, 2.05) is 54.6 Å². The van der Waals surface area contributed by atoms with Crippen molar-refractivity contribution in [3.8, 4) is 0 Å². The van der Waals surface area contributed by atoms with E-state index in [0.29, 0.717) is 12.2 Å². The number of fused-ring (bicyclic) bond motifs is 1. The summed E-state index contributed by atoms with van der Waals surface area (Å²) in [5.41, 5.74) is 2.83. The Labute approximate surface area is 163 Å². The molecule has 27 heavy (non-hydrogen) atoms. The maximum absolute atomic E-state index is 12.7. The molecule has 0 saturated carbocycles. The van der Waals surface area contributed by atoms with Gasteiger partial charge in [0.2, 0.25) is 5.91 Å². The summed E-state index contributed by atoms with van der Waals surface area (Å²) in [7, 11) is 0. The summed E-state index contributed by atoms with van der Waals surface area (Å²) in [6.45, 7) is 0. The first-order valence-corrected chi connectivity index (χ1v) is 9.44. The summed E-state index contributed by atoms with van der Waals surface area (Å²) in [6.07, 6.45) is 2.54. The van der Waals surface area contributed by atoms with Crippen molar-refractivity contribution in [2.45, 2.75) is 18.9 Å². The van der Waals surface area contributed by atoms with Gasteiger partial charge in [0.05, 0.1) is 5.92 Å². The van der Waals surface area contributed by atoms with Crippen molar-refractivity contribution in [3.63, 3.8) is 0 Å². The van der Waals surface area contributed by atoms with Crippen LogP contribution in [0.1, 0.15) is 11.1 Å². The number of nitrogens with one attached hydrogen (secondary N) is 2. The molecule has 6 heteroatoms. The lowest BCUT2D eigenvalue weighted by Crippen LogP contribution is -2.45. The fraction of sp³-hybridized carbons (Fsp3) is 0.238. The van der Waals surface area contributed by atoms with E-state index in [2.05, 4.69) is 22.9 Å². The SMILES string of the molecule is O=C(N[C@@H](Cc1c[nH]c2ccccc12)C(=O)O)[C@@H](CS)Cc1ccccc1. The number of carboxylic acids is 1. The number of carboxylic acid groups (broad SMARTS) is 1. The molecule has 5 nitrogen and oxygen atoms in total. The summed E-state index contributed by atoms with van der Waals surface area (Å²) in [5, 5.41) is 13.2. The number of aliphatic carboxylic acids is 1. The molecule has 0 aliphatic rings. The van der Waals surface area contributed by atoms with Gasteiger partial charge in [-0.1, -0.05) is 48.5 Å². The van der Waals surface area contributed by atoms with Crippen LogP contribution < -0.4 is 5.32 Å². The predicted octanol–water partition coefficient (Wildman–Crippen LogP) is 3.07. The van der Waals surface area contributed by atoms with Crippen LogP contribution in [-0.2, 0) is 22.4 Å². The van der Waals surface area contributed by atoms with Crippen molar-refractivity contribution in [2.24, 2.45) is 5.92 Å². The number of aromatic nitrogens is 1. The largest absolute Gasteiger partial charge is 0.480 e. The first kappa shape index (κ1) is 19.0. The minimum Gasteiger partial charge on any atom is -0.480 e. The number of hydrogen-bond donors (Lipinski definition) is 4. The van der Waals surface area contributed by atoms with E-state index >= 15 is 0 Å². The van der Waals surface area contributed by atoms with E-state index in [4.69, 9.17) is 0 Å². The van der Waals surface area contributed by atoms with Crippen molar-refractivity contribution in [3.05, 3.63) is 71.9 Å². The standard InChI is InChI=1S/C21H22N2O3S/c24-20(16(13-27)10-14-6-2-1-3-7-14)23-19(21(25)26)11-15-12-22-18-9-5-4-8-17(15)18/h1-9,12,16,19,22,27H,10-11,13H2,(H,23,24)(H,25,26)/t16-,19+/m1/s1. The van der Waals surface area contributed by atoms with Gasteiger partial charge in [-0.15, -0.1) is 0 Å². The highest BCUT2D eigenvalue weighted by Gasteiger charge is 2.25. The van der Waals surface area contributed by atoms with Gasteiger partial charge in [-0.3, -0.25) is 4.79 Å². The zero-order valence-electron chi connectivity index (χ0n) is 14.8. The normalized spacial score (nSPS) is 13.2. The van der Waals surface area contributed by atoms with E-state index in [1.165, 1.54) is 0 Å². The molecule has 0 spiro atoms. The van der Waals surface area contributed by atoms with Gasteiger partial charge in [-0.2, -0.15) is 12.6 Å². The second kappa shape index (κ2) is 8.77. The Kier molecular flexibility index (Phi) is 6.19. The molecule has 0 saturated heterocycles. The molecule has 1 amide bonds. The quantitative estimate of drug-likeness (QED) is 0.452. The average Bonchev–Trinajstić information content (AvgIpc) is 3.09. The first-order valence-electron chi connectivity index (χ1n) is 8.81. The van der Waals surface area contributed by atoms with Gasteiger partial charge in [0.25, 0.3) is 0 Å². The van der Waals surface area contributed by atoms with E-state index in [-0.39, 0.29) is 18.2 Å². The Balaban J connectivity index is 1.71. The van der Waals surface area contributed by atoms with Crippen LogP contribution in [0.4, 0.5) is 0 Å². The van der Waals surface area contributed by atoms with Gasteiger partial charge in [0, 0.05) is 29.3 Å². The number of aromatic amines is 1. The monoisotopic (exact) mass is 382 g/mol. The molecule has 3 N–H and O–H groups in total. The highest BCUT2D eigenvalue weighted by Crippen LogP contribution is 2.19. The third-order valence-electron chi connectivity index (χ3n) is 4.63. The second-order valence-electron chi connectivity index (χ2n) is 6.53. The van der Waals surface area contributed by atoms with Gasteiger partial charge in [-0.05, 0) is 23.6 Å². The number of hydrogen-bond acceptors (Lipinski definition) is 3. The van der Waals surface area contributed by atoms with Crippen molar-refractivity contribution < 1.29 is 14.7 Å². The molecule has 3 aromatic rings. The van der Waals surface area contributed by atoms with E-state index in [1.54, 1.807) is 6.20 Å². The number of carbonyl (C=O) groups excluding carboxylic acids is 1. The molecule has 0 fully saturated rings. The number of benzene rings is 2. The molecule has 0 radical (unpaired) electrons. The Morgan fingerprint density at radius 1 is 1.04 bits per heavy atom. The zero-order valence-corrected chi connectivity index (χ0v) is 15.7. The van der Waals surface area contributed by atoms with Gasteiger partial charge < -0.3 is 15.4 Å². The fourth-order valence-electron chi connectivity index (χ4n) is 3.15. The lowest BCUT2D eigenvalue weighted by atomic mass is 9.99. The minimum absolute atomic E-state index is 0.218. The molecule has 140 valence electrons. The van der Waals surface area contributed by atoms with Crippen LogP contribution in [0, 0.1) is 5.92 Å². The van der Waals surface area contributed by atoms with Crippen LogP contribution in [0.2, 0.25) is 0 Å².